The summed E-state index contributed by atoms with van der Waals surface area (Å²) in [4.78, 5) is 12.2. The van der Waals surface area contributed by atoms with E-state index in [1.54, 1.807) is 0 Å². The fourth-order valence-corrected chi connectivity index (χ4v) is 2.63. The lowest BCUT2D eigenvalue weighted by Crippen LogP contribution is -2.39. The Kier molecular flexibility index (Phi) is 5.98. The fourth-order valence-electron chi connectivity index (χ4n) is 2.63. The second-order valence-corrected chi connectivity index (χ2v) is 7.76. The van der Waals surface area contributed by atoms with Crippen LogP contribution in [-0.4, -0.2) is 11.4 Å². The number of rotatable bonds is 5. The molecule has 1 aromatic carbocycles. The van der Waals surface area contributed by atoms with Gasteiger partial charge in [0.05, 0.1) is 0 Å². The fraction of sp³-hybridized carbons (Fsp3) is 0.474. The second kappa shape index (κ2) is 7.32. The van der Waals surface area contributed by atoms with Crippen LogP contribution in [0.3, 0.4) is 0 Å². The molecule has 23 heavy (non-hydrogen) atoms. The number of aryl methyl sites for hydroxylation is 1. The van der Waals surface area contributed by atoms with Gasteiger partial charge < -0.3 is 10.6 Å². The van der Waals surface area contributed by atoms with Gasteiger partial charge in [-0.2, -0.15) is 5.26 Å². The van der Waals surface area contributed by atoms with Crippen molar-refractivity contribution in [3.05, 3.63) is 41.6 Å². The van der Waals surface area contributed by atoms with Crippen molar-refractivity contribution in [3.63, 3.8) is 0 Å². The summed E-state index contributed by atoms with van der Waals surface area (Å²) in [6.07, 6.45) is 2.42. The maximum atomic E-state index is 12.2. The molecule has 1 amide bonds. The molecule has 0 saturated heterocycles. The van der Waals surface area contributed by atoms with E-state index < -0.39 is 5.91 Å². The van der Waals surface area contributed by atoms with E-state index in [0.29, 0.717) is 5.69 Å². The smallest absolute Gasteiger partial charge is 0.267 e. The molecule has 0 radical (unpaired) electrons. The first kappa shape index (κ1) is 18.8. The molecule has 4 heteroatoms. The molecular formula is C19H27N3O. The zero-order valence-corrected chi connectivity index (χ0v) is 14.9. The van der Waals surface area contributed by atoms with Crippen molar-refractivity contribution in [1.82, 2.24) is 5.32 Å². The van der Waals surface area contributed by atoms with Gasteiger partial charge in [0.2, 0.25) is 0 Å². The number of amides is 1. The molecule has 0 aromatic heterocycles. The molecule has 0 unspecified atom stereocenters. The Morgan fingerprint density at radius 3 is 2.22 bits per heavy atom. The standard InChI is InChI=1S/C19H27N3O/c1-14-7-9-16(10-8-14)22-17(23)15(11-20)12-21-19(5,6)13-18(2,3)4/h7-10,12,21H,13H2,1-6H3,(H,22,23)/b15-12-. The van der Waals surface area contributed by atoms with E-state index in [1.165, 1.54) is 6.20 Å². The van der Waals surface area contributed by atoms with E-state index in [1.807, 2.05) is 37.3 Å². The van der Waals surface area contributed by atoms with Crippen molar-refractivity contribution in [2.45, 2.75) is 53.5 Å². The van der Waals surface area contributed by atoms with E-state index in [4.69, 9.17) is 0 Å². The van der Waals surface area contributed by atoms with E-state index in [0.717, 1.165) is 12.0 Å². The molecule has 0 heterocycles. The third-order valence-corrected chi connectivity index (χ3v) is 3.25. The highest BCUT2D eigenvalue weighted by molar-refractivity contribution is 6.06. The molecule has 0 fully saturated rings. The number of hydrogen-bond donors (Lipinski definition) is 2. The predicted molar refractivity (Wildman–Crippen MR) is 94.8 cm³/mol. The summed E-state index contributed by atoms with van der Waals surface area (Å²) in [5.74, 6) is -0.407. The van der Waals surface area contributed by atoms with Gasteiger partial charge in [-0.05, 0) is 44.7 Å². The first-order valence-corrected chi connectivity index (χ1v) is 7.78. The van der Waals surface area contributed by atoms with Gasteiger partial charge in [0.25, 0.3) is 5.91 Å². The first-order chi connectivity index (χ1) is 10.5. The number of hydrogen-bond acceptors (Lipinski definition) is 3. The van der Waals surface area contributed by atoms with Gasteiger partial charge in [-0.25, -0.2) is 0 Å². The average Bonchev–Trinajstić information content (AvgIpc) is 2.39. The van der Waals surface area contributed by atoms with Crippen molar-refractivity contribution in [2.24, 2.45) is 5.41 Å². The maximum Gasteiger partial charge on any atom is 0.267 e. The molecule has 2 N–H and O–H groups in total. The van der Waals surface area contributed by atoms with Crippen LogP contribution >= 0.6 is 0 Å². The molecule has 4 nitrogen and oxygen atoms in total. The Morgan fingerprint density at radius 1 is 1.17 bits per heavy atom. The van der Waals surface area contributed by atoms with E-state index in [-0.39, 0.29) is 16.5 Å². The highest BCUT2D eigenvalue weighted by atomic mass is 16.1. The third-order valence-electron chi connectivity index (χ3n) is 3.25. The van der Waals surface area contributed by atoms with Gasteiger partial charge >= 0.3 is 0 Å². The maximum absolute atomic E-state index is 12.2. The molecule has 124 valence electrons. The first-order valence-electron chi connectivity index (χ1n) is 7.78. The summed E-state index contributed by atoms with van der Waals surface area (Å²) < 4.78 is 0. The predicted octanol–water partition coefficient (Wildman–Crippen LogP) is 4.15. The van der Waals surface area contributed by atoms with Crippen molar-refractivity contribution in [3.8, 4) is 6.07 Å². The van der Waals surface area contributed by atoms with Crippen LogP contribution in [-0.2, 0) is 4.79 Å². The third kappa shape index (κ3) is 7.01. The van der Waals surface area contributed by atoms with E-state index in [2.05, 4.69) is 45.3 Å². The Bertz CT molecular complexity index is 614. The number of anilines is 1. The second-order valence-electron chi connectivity index (χ2n) is 7.76. The minimum atomic E-state index is -0.407. The molecule has 0 atom stereocenters. The van der Waals surface area contributed by atoms with Crippen LogP contribution in [0.2, 0.25) is 0 Å². The minimum absolute atomic E-state index is 0.0626. The number of carbonyl (C=O) groups is 1. The van der Waals surface area contributed by atoms with Crippen LogP contribution in [0.15, 0.2) is 36.0 Å². The largest absolute Gasteiger partial charge is 0.385 e. The molecule has 0 aliphatic rings. The zero-order chi connectivity index (χ0) is 17.7. The zero-order valence-electron chi connectivity index (χ0n) is 14.9. The molecule has 0 aliphatic heterocycles. The number of nitrogens with zero attached hydrogens (tertiary/aromatic N) is 1. The van der Waals surface area contributed by atoms with Crippen molar-refractivity contribution < 1.29 is 4.79 Å². The van der Waals surface area contributed by atoms with Crippen LogP contribution in [0.25, 0.3) is 0 Å². The molecule has 0 saturated carbocycles. The van der Waals surface area contributed by atoms with Crippen LogP contribution in [0.1, 0.15) is 46.6 Å². The number of nitrogens with one attached hydrogen (secondary N) is 2. The molecule has 1 rings (SSSR count). The van der Waals surface area contributed by atoms with Gasteiger partial charge in [-0.15, -0.1) is 0 Å². The molecular weight excluding hydrogens is 286 g/mol. The summed E-state index contributed by atoms with van der Waals surface area (Å²) >= 11 is 0. The van der Waals surface area contributed by atoms with Crippen LogP contribution in [0.4, 0.5) is 5.69 Å². The number of benzene rings is 1. The Balaban J connectivity index is 2.77. The Labute approximate surface area is 139 Å². The minimum Gasteiger partial charge on any atom is -0.385 e. The summed E-state index contributed by atoms with van der Waals surface area (Å²) in [7, 11) is 0. The summed E-state index contributed by atoms with van der Waals surface area (Å²) in [5, 5.41) is 15.2. The van der Waals surface area contributed by atoms with Gasteiger partial charge in [-0.3, -0.25) is 4.79 Å². The number of carbonyl (C=O) groups excluding carboxylic acids is 1. The topological polar surface area (TPSA) is 64.9 Å². The van der Waals surface area contributed by atoms with Gasteiger partial charge in [0.1, 0.15) is 11.6 Å². The molecule has 1 aromatic rings. The monoisotopic (exact) mass is 313 g/mol. The lowest BCUT2D eigenvalue weighted by Gasteiger charge is -2.33. The summed E-state index contributed by atoms with van der Waals surface area (Å²) in [5.41, 5.74) is 1.80. The highest BCUT2D eigenvalue weighted by Crippen LogP contribution is 2.26. The van der Waals surface area contributed by atoms with Gasteiger partial charge in [0.15, 0.2) is 0 Å². The van der Waals surface area contributed by atoms with Crippen molar-refractivity contribution in [2.75, 3.05) is 5.32 Å². The van der Waals surface area contributed by atoms with Crippen LogP contribution < -0.4 is 10.6 Å². The highest BCUT2D eigenvalue weighted by Gasteiger charge is 2.24. The average molecular weight is 313 g/mol. The molecule has 0 spiro atoms. The van der Waals surface area contributed by atoms with Crippen molar-refractivity contribution in [1.29, 1.82) is 5.26 Å². The Hall–Kier alpha value is -2.28. The van der Waals surface area contributed by atoms with E-state index >= 15 is 0 Å². The molecule has 0 bridgehead atoms. The van der Waals surface area contributed by atoms with Crippen LogP contribution in [0, 0.1) is 23.7 Å². The lowest BCUT2D eigenvalue weighted by molar-refractivity contribution is -0.112. The van der Waals surface area contributed by atoms with Crippen molar-refractivity contribution >= 4 is 11.6 Å². The quantitative estimate of drug-likeness (QED) is 0.634. The summed E-state index contributed by atoms with van der Waals surface area (Å²) in [6.45, 7) is 12.6. The SMILES string of the molecule is Cc1ccc(NC(=O)/C(C#N)=C\NC(C)(C)CC(C)(C)C)cc1. The lowest BCUT2D eigenvalue weighted by atomic mass is 9.82. The van der Waals surface area contributed by atoms with Crippen LogP contribution in [0.5, 0.6) is 0 Å². The normalized spacial score (nSPS) is 12.5. The Morgan fingerprint density at radius 2 is 1.74 bits per heavy atom. The van der Waals surface area contributed by atoms with E-state index in [9.17, 15) is 10.1 Å². The molecule has 0 aliphatic carbocycles. The van der Waals surface area contributed by atoms with Gasteiger partial charge in [-0.1, -0.05) is 38.5 Å². The number of nitriles is 1. The summed E-state index contributed by atoms with van der Waals surface area (Å²) in [6, 6.07) is 9.42. The van der Waals surface area contributed by atoms with Gasteiger partial charge in [0, 0.05) is 17.4 Å².